The van der Waals surface area contributed by atoms with Gasteiger partial charge in [-0.05, 0) is 32.6 Å². The summed E-state index contributed by atoms with van der Waals surface area (Å²) in [4.78, 5) is 0. The number of aliphatic hydroxyl groups is 1. The molecule has 0 amide bonds. The van der Waals surface area contributed by atoms with E-state index in [-0.39, 0.29) is 0 Å². The molecule has 2 rings (SSSR count). The molecule has 1 aliphatic carbocycles. The molecule has 16 heavy (non-hydrogen) atoms. The normalized spacial score (nSPS) is 27.0. The van der Waals surface area contributed by atoms with Crippen LogP contribution in [0.15, 0.2) is 10.6 Å². The van der Waals surface area contributed by atoms with Crippen molar-refractivity contribution in [2.45, 2.75) is 58.0 Å². The monoisotopic (exact) mass is 223 g/mol. The predicted molar refractivity (Wildman–Crippen MR) is 62.1 cm³/mol. The molecule has 0 spiro atoms. The Morgan fingerprint density at radius 3 is 2.44 bits per heavy atom. The van der Waals surface area contributed by atoms with Gasteiger partial charge in [-0.3, -0.25) is 0 Å². The molecule has 1 saturated carbocycles. The molecule has 0 aromatic carbocycles. The summed E-state index contributed by atoms with van der Waals surface area (Å²) < 4.78 is 5.21. The standard InChI is InChI=1S/C13H21NO2/c1-9-4-6-10(7-5-9)11-8-12(16-14-11)13(2,3)15/h8-10,15H,4-7H2,1-3H3. The van der Waals surface area contributed by atoms with Crippen LogP contribution in [0.1, 0.15) is 63.8 Å². The summed E-state index contributed by atoms with van der Waals surface area (Å²) in [5, 5.41) is 13.9. The van der Waals surface area contributed by atoms with Crippen molar-refractivity contribution in [3.05, 3.63) is 17.5 Å². The molecular formula is C13H21NO2. The molecule has 0 bridgehead atoms. The van der Waals surface area contributed by atoms with E-state index < -0.39 is 5.60 Å². The first-order chi connectivity index (χ1) is 7.47. The number of aromatic nitrogens is 1. The van der Waals surface area contributed by atoms with Crippen LogP contribution in [0.3, 0.4) is 0 Å². The van der Waals surface area contributed by atoms with E-state index in [2.05, 4.69) is 12.1 Å². The first-order valence-corrected chi connectivity index (χ1v) is 6.16. The zero-order chi connectivity index (χ0) is 11.8. The first kappa shape index (κ1) is 11.6. The third-order valence-electron chi connectivity index (χ3n) is 3.57. The summed E-state index contributed by atoms with van der Waals surface area (Å²) in [6.45, 7) is 5.75. The van der Waals surface area contributed by atoms with Crippen molar-refractivity contribution in [3.8, 4) is 0 Å². The van der Waals surface area contributed by atoms with Gasteiger partial charge in [-0.2, -0.15) is 0 Å². The van der Waals surface area contributed by atoms with Crippen molar-refractivity contribution in [2.24, 2.45) is 5.92 Å². The summed E-state index contributed by atoms with van der Waals surface area (Å²) in [6.07, 6.45) is 4.93. The second kappa shape index (κ2) is 4.21. The van der Waals surface area contributed by atoms with E-state index in [0.717, 1.165) is 11.6 Å². The molecule has 3 heteroatoms. The molecular weight excluding hydrogens is 202 g/mol. The van der Waals surface area contributed by atoms with Gasteiger partial charge in [0, 0.05) is 12.0 Å². The topological polar surface area (TPSA) is 46.3 Å². The van der Waals surface area contributed by atoms with Gasteiger partial charge in [-0.25, -0.2) is 0 Å². The molecule has 90 valence electrons. The van der Waals surface area contributed by atoms with Gasteiger partial charge in [0.1, 0.15) is 5.60 Å². The van der Waals surface area contributed by atoms with Gasteiger partial charge in [-0.15, -0.1) is 0 Å². The molecule has 0 radical (unpaired) electrons. The molecule has 1 aliphatic rings. The maximum absolute atomic E-state index is 9.81. The Kier molecular flexibility index (Phi) is 3.06. The predicted octanol–water partition coefficient (Wildman–Crippen LogP) is 3.20. The van der Waals surface area contributed by atoms with Crippen LogP contribution in [0.5, 0.6) is 0 Å². The Balaban J connectivity index is 2.08. The van der Waals surface area contributed by atoms with E-state index >= 15 is 0 Å². The second-order valence-corrected chi connectivity index (χ2v) is 5.63. The van der Waals surface area contributed by atoms with E-state index in [9.17, 15) is 5.11 Å². The fourth-order valence-corrected chi connectivity index (χ4v) is 2.33. The van der Waals surface area contributed by atoms with Crippen molar-refractivity contribution in [1.29, 1.82) is 0 Å². The minimum absolute atomic E-state index is 0.524. The van der Waals surface area contributed by atoms with Crippen molar-refractivity contribution in [1.82, 2.24) is 5.16 Å². The van der Waals surface area contributed by atoms with Crippen LogP contribution >= 0.6 is 0 Å². The summed E-state index contributed by atoms with van der Waals surface area (Å²) in [6, 6.07) is 1.92. The average molecular weight is 223 g/mol. The highest BCUT2D eigenvalue weighted by atomic mass is 16.5. The molecule has 0 atom stereocenters. The molecule has 1 fully saturated rings. The van der Waals surface area contributed by atoms with E-state index in [4.69, 9.17) is 4.52 Å². The maximum atomic E-state index is 9.81. The number of hydrogen-bond acceptors (Lipinski definition) is 3. The lowest BCUT2D eigenvalue weighted by molar-refractivity contribution is 0.0474. The van der Waals surface area contributed by atoms with Gasteiger partial charge in [0.05, 0.1) is 5.69 Å². The lowest BCUT2D eigenvalue weighted by atomic mass is 9.81. The molecule has 0 aliphatic heterocycles. The molecule has 1 heterocycles. The Labute approximate surface area is 96.8 Å². The third-order valence-corrected chi connectivity index (χ3v) is 3.57. The van der Waals surface area contributed by atoms with Gasteiger partial charge in [0.2, 0.25) is 0 Å². The largest absolute Gasteiger partial charge is 0.382 e. The van der Waals surface area contributed by atoms with Crippen molar-refractivity contribution >= 4 is 0 Å². The average Bonchev–Trinajstić information content (AvgIpc) is 2.67. The van der Waals surface area contributed by atoms with Crippen LogP contribution in [0.2, 0.25) is 0 Å². The van der Waals surface area contributed by atoms with Crippen LogP contribution in [0.4, 0.5) is 0 Å². The second-order valence-electron chi connectivity index (χ2n) is 5.63. The van der Waals surface area contributed by atoms with Crippen molar-refractivity contribution in [2.75, 3.05) is 0 Å². The van der Waals surface area contributed by atoms with E-state index in [0.29, 0.717) is 11.7 Å². The Morgan fingerprint density at radius 1 is 1.31 bits per heavy atom. The highest BCUT2D eigenvalue weighted by Gasteiger charge is 2.26. The van der Waals surface area contributed by atoms with Gasteiger partial charge in [0.15, 0.2) is 5.76 Å². The van der Waals surface area contributed by atoms with Crippen molar-refractivity contribution < 1.29 is 9.63 Å². The summed E-state index contributed by atoms with van der Waals surface area (Å²) in [5.41, 5.74) is 0.0942. The van der Waals surface area contributed by atoms with Gasteiger partial charge in [0.25, 0.3) is 0 Å². The number of hydrogen-bond donors (Lipinski definition) is 1. The number of nitrogens with zero attached hydrogens (tertiary/aromatic N) is 1. The Hall–Kier alpha value is -0.830. The quantitative estimate of drug-likeness (QED) is 0.837. The van der Waals surface area contributed by atoms with Crippen LogP contribution in [-0.2, 0) is 5.60 Å². The highest BCUT2D eigenvalue weighted by Crippen LogP contribution is 2.36. The molecule has 0 unspecified atom stereocenters. The van der Waals surface area contributed by atoms with Gasteiger partial charge < -0.3 is 9.63 Å². The van der Waals surface area contributed by atoms with Gasteiger partial charge >= 0.3 is 0 Å². The van der Waals surface area contributed by atoms with Gasteiger partial charge in [-0.1, -0.05) is 24.9 Å². The third kappa shape index (κ3) is 2.46. The first-order valence-electron chi connectivity index (χ1n) is 6.16. The zero-order valence-corrected chi connectivity index (χ0v) is 10.4. The van der Waals surface area contributed by atoms with Crippen LogP contribution in [-0.4, -0.2) is 10.3 Å². The molecule has 1 N–H and O–H groups in total. The zero-order valence-electron chi connectivity index (χ0n) is 10.4. The minimum atomic E-state index is -0.923. The SMILES string of the molecule is CC1CCC(c2cc(C(C)(C)O)on2)CC1. The maximum Gasteiger partial charge on any atom is 0.167 e. The molecule has 1 aromatic heterocycles. The van der Waals surface area contributed by atoms with E-state index in [1.165, 1.54) is 25.7 Å². The number of rotatable bonds is 2. The fraction of sp³-hybridized carbons (Fsp3) is 0.769. The molecule has 1 aromatic rings. The summed E-state index contributed by atoms with van der Waals surface area (Å²) in [7, 11) is 0. The molecule has 3 nitrogen and oxygen atoms in total. The lowest BCUT2D eigenvalue weighted by Gasteiger charge is -2.24. The summed E-state index contributed by atoms with van der Waals surface area (Å²) >= 11 is 0. The minimum Gasteiger partial charge on any atom is -0.382 e. The van der Waals surface area contributed by atoms with Crippen molar-refractivity contribution in [3.63, 3.8) is 0 Å². The van der Waals surface area contributed by atoms with E-state index in [1.54, 1.807) is 13.8 Å². The highest BCUT2D eigenvalue weighted by molar-refractivity contribution is 5.15. The molecule has 0 saturated heterocycles. The fourth-order valence-electron chi connectivity index (χ4n) is 2.33. The van der Waals surface area contributed by atoms with Crippen LogP contribution < -0.4 is 0 Å². The van der Waals surface area contributed by atoms with Crippen LogP contribution in [0, 0.1) is 5.92 Å². The lowest BCUT2D eigenvalue weighted by Crippen LogP contribution is -2.14. The summed E-state index contributed by atoms with van der Waals surface area (Å²) in [5.74, 6) is 1.94. The Morgan fingerprint density at radius 2 is 1.94 bits per heavy atom. The van der Waals surface area contributed by atoms with Crippen LogP contribution in [0.25, 0.3) is 0 Å². The smallest absolute Gasteiger partial charge is 0.167 e. The van der Waals surface area contributed by atoms with E-state index in [1.807, 2.05) is 6.07 Å². The Bertz CT molecular complexity index is 343.